The van der Waals surface area contributed by atoms with Crippen molar-refractivity contribution in [1.82, 2.24) is 15.0 Å². The third-order valence-corrected chi connectivity index (χ3v) is 4.83. The molecule has 0 aliphatic rings. The van der Waals surface area contributed by atoms with Gasteiger partial charge in [-0.05, 0) is 38.5 Å². The maximum atomic E-state index is 12.4. The predicted octanol–water partition coefficient (Wildman–Crippen LogP) is 3.61. The number of aromatic amines is 1. The normalized spacial score (nSPS) is 10.7. The van der Waals surface area contributed by atoms with Crippen molar-refractivity contribution in [2.45, 2.75) is 27.2 Å². The summed E-state index contributed by atoms with van der Waals surface area (Å²) in [5, 5.41) is 2.62. The second-order valence-electron chi connectivity index (χ2n) is 5.70. The van der Waals surface area contributed by atoms with Crippen molar-refractivity contribution in [2.24, 2.45) is 0 Å². The third-order valence-electron chi connectivity index (χ3n) is 3.94. The van der Waals surface area contributed by atoms with Gasteiger partial charge < -0.3 is 9.72 Å². The first kappa shape index (κ1) is 18.0. The van der Waals surface area contributed by atoms with Gasteiger partial charge >= 0.3 is 5.97 Å². The standard InChI is InChI=1S/C19H19N3O3S/c1-4-13-8-12(6-7-20-13)18-22-16(10-26-18)15-9-14(19(24)25-5-2)11(3)21-17(15)23/h6-10H,4-5H2,1-3H3,(H,21,23). The Balaban J connectivity index is 2.02. The summed E-state index contributed by atoms with van der Waals surface area (Å²) in [7, 11) is 0. The monoisotopic (exact) mass is 369 g/mol. The Morgan fingerprint density at radius 2 is 2.12 bits per heavy atom. The number of pyridine rings is 2. The van der Waals surface area contributed by atoms with Crippen LogP contribution in [-0.2, 0) is 11.2 Å². The minimum Gasteiger partial charge on any atom is -0.462 e. The van der Waals surface area contributed by atoms with E-state index in [0.29, 0.717) is 22.5 Å². The van der Waals surface area contributed by atoms with Crippen LogP contribution in [0.4, 0.5) is 0 Å². The highest BCUT2D eigenvalue weighted by Gasteiger charge is 2.17. The topological polar surface area (TPSA) is 84.9 Å². The Kier molecular flexibility index (Phi) is 5.27. The highest BCUT2D eigenvalue weighted by atomic mass is 32.1. The van der Waals surface area contributed by atoms with Crippen LogP contribution in [0.3, 0.4) is 0 Å². The summed E-state index contributed by atoms with van der Waals surface area (Å²) in [6.45, 7) is 5.73. The molecule has 0 saturated carbocycles. The zero-order valence-corrected chi connectivity index (χ0v) is 15.6. The van der Waals surface area contributed by atoms with Crippen molar-refractivity contribution in [3.05, 3.63) is 57.1 Å². The molecule has 134 valence electrons. The van der Waals surface area contributed by atoms with E-state index in [0.717, 1.165) is 22.7 Å². The van der Waals surface area contributed by atoms with Crippen molar-refractivity contribution < 1.29 is 9.53 Å². The smallest absolute Gasteiger partial charge is 0.339 e. The number of carbonyl (C=O) groups excluding carboxylic acids is 1. The molecule has 6 nitrogen and oxygen atoms in total. The van der Waals surface area contributed by atoms with Crippen LogP contribution in [0.1, 0.15) is 35.6 Å². The Morgan fingerprint density at radius 1 is 1.31 bits per heavy atom. The van der Waals surface area contributed by atoms with Crippen molar-refractivity contribution >= 4 is 17.3 Å². The summed E-state index contributed by atoms with van der Waals surface area (Å²) in [5.74, 6) is -0.459. The van der Waals surface area contributed by atoms with Gasteiger partial charge in [0.05, 0.1) is 23.4 Å². The number of carbonyl (C=O) groups is 1. The fraction of sp³-hybridized carbons (Fsp3) is 0.263. The number of aryl methyl sites for hydroxylation is 2. The van der Waals surface area contributed by atoms with Gasteiger partial charge in [0.15, 0.2) is 0 Å². The molecule has 0 atom stereocenters. The Labute approximate surface area is 154 Å². The Morgan fingerprint density at radius 3 is 2.85 bits per heavy atom. The maximum absolute atomic E-state index is 12.4. The molecule has 0 saturated heterocycles. The van der Waals surface area contributed by atoms with Gasteiger partial charge in [-0.2, -0.15) is 0 Å². The number of esters is 1. The van der Waals surface area contributed by atoms with Crippen LogP contribution < -0.4 is 5.56 Å². The van der Waals surface area contributed by atoms with Crippen molar-refractivity contribution in [2.75, 3.05) is 6.61 Å². The van der Waals surface area contributed by atoms with Crippen LogP contribution in [0.2, 0.25) is 0 Å². The summed E-state index contributed by atoms with van der Waals surface area (Å²) >= 11 is 1.45. The summed E-state index contributed by atoms with van der Waals surface area (Å²) in [4.78, 5) is 36.0. The SMILES string of the molecule is CCOC(=O)c1cc(-c2csc(-c3ccnc(CC)c3)n2)c(=O)[nH]c1C. The molecule has 3 aromatic heterocycles. The largest absolute Gasteiger partial charge is 0.462 e. The third kappa shape index (κ3) is 3.57. The lowest BCUT2D eigenvalue weighted by atomic mass is 10.1. The van der Waals surface area contributed by atoms with E-state index in [4.69, 9.17) is 4.74 Å². The minimum atomic E-state index is -0.459. The molecule has 1 N–H and O–H groups in total. The summed E-state index contributed by atoms with van der Waals surface area (Å²) in [6, 6.07) is 5.44. The molecule has 0 aliphatic heterocycles. The number of aromatic nitrogens is 3. The van der Waals surface area contributed by atoms with E-state index < -0.39 is 5.97 Å². The van der Waals surface area contributed by atoms with Gasteiger partial charge in [0.2, 0.25) is 0 Å². The fourth-order valence-electron chi connectivity index (χ4n) is 2.57. The number of hydrogen-bond donors (Lipinski definition) is 1. The number of thiazole rings is 1. The first-order valence-corrected chi connectivity index (χ1v) is 9.23. The number of ether oxygens (including phenoxy) is 1. The number of nitrogens with zero attached hydrogens (tertiary/aromatic N) is 2. The molecule has 3 rings (SSSR count). The van der Waals surface area contributed by atoms with Crippen LogP contribution in [0.5, 0.6) is 0 Å². The summed E-state index contributed by atoms with van der Waals surface area (Å²) in [5.41, 5.74) is 3.37. The van der Waals surface area contributed by atoms with E-state index in [1.165, 1.54) is 11.3 Å². The highest BCUT2D eigenvalue weighted by Crippen LogP contribution is 2.28. The molecule has 3 aromatic rings. The van der Waals surface area contributed by atoms with Crippen LogP contribution in [0, 0.1) is 6.92 Å². The molecule has 0 aliphatic carbocycles. The lowest BCUT2D eigenvalue weighted by Crippen LogP contribution is -2.16. The van der Waals surface area contributed by atoms with Gasteiger partial charge in [-0.25, -0.2) is 9.78 Å². The molecule has 0 fully saturated rings. The fourth-order valence-corrected chi connectivity index (χ4v) is 3.39. The molecular weight excluding hydrogens is 350 g/mol. The van der Waals surface area contributed by atoms with Crippen LogP contribution >= 0.6 is 11.3 Å². The average Bonchev–Trinajstić information content (AvgIpc) is 3.12. The van der Waals surface area contributed by atoms with Gasteiger partial charge in [0, 0.05) is 28.5 Å². The second-order valence-corrected chi connectivity index (χ2v) is 6.56. The molecule has 0 aromatic carbocycles. The first-order valence-electron chi connectivity index (χ1n) is 8.35. The molecule has 0 unspecified atom stereocenters. The lowest BCUT2D eigenvalue weighted by Gasteiger charge is -2.06. The quantitative estimate of drug-likeness (QED) is 0.695. The molecule has 26 heavy (non-hydrogen) atoms. The average molecular weight is 369 g/mol. The lowest BCUT2D eigenvalue weighted by molar-refractivity contribution is 0.0525. The zero-order valence-electron chi connectivity index (χ0n) is 14.8. The van der Waals surface area contributed by atoms with Crippen LogP contribution in [0.25, 0.3) is 21.8 Å². The predicted molar refractivity (Wildman–Crippen MR) is 101 cm³/mol. The Bertz CT molecular complexity index is 1010. The Hall–Kier alpha value is -2.80. The van der Waals surface area contributed by atoms with Gasteiger partial charge in [-0.1, -0.05) is 6.92 Å². The van der Waals surface area contributed by atoms with Gasteiger partial charge in [0.1, 0.15) is 5.01 Å². The minimum absolute atomic E-state index is 0.273. The summed E-state index contributed by atoms with van der Waals surface area (Å²) < 4.78 is 5.05. The van der Waals surface area contributed by atoms with E-state index in [9.17, 15) is 9.59 Å². The van der Waals surface area contributed by atoms with Crippen LogP contribution in [-0.4, -0.2) is 27.5 Å². The number of rotatable bonds is 5. The van der Waals surface area contributed by atoms with Gasteiger partial charge in [0.25, 0.3) is 5.56 Å². The highest BCUT2D eigenvalue weighted by molar-refractivity contribution is 7.13. The summed E-state index contributed by atoms with van der Waals surface area (Å²) in [6.07, 6.45) is 2.60. The molecule has 3 heterocycles. The van der Waals surface area contributed by atoms with E-state index in [1.807, 2.05) is 24.4 Å². The zero-order chi connectivity index (χ0) is 18.7. The van der Waals surface area contributed by atoms with E-state index >= 15 is 0 Å². The molecule has 0 radical (unpaired) electrons. The van der Waals surface area contributed by atoms with Gasteiger partial charge in [-0.3, -0.25) is 9.78 Å². The number of nitrogens with one attached hydrogen (secondary N) is 1. The molecular formula is C19H19N3O3S. The first-order chi connectivity index (χ1) is 12.5. The second kappa shape index (κ2) is 7.61. The van der Waals surface area contributed by atoms with E-state index in [1.54, 1.807) is 26.1 Å². The maximum Gasteiger partial charge on any atom is 0.339 e. The number of H-pyrrole nitrogens is 1. The van der Waals surface area contributed by atoms with Crippen molar-refractivity contribution in [1.29, 1.82) is 0 Å². The molecule has 0 bridgehead atoms. The van der Waals surface area contributed by atoms with E-state index in [2.05, 4.69) is 15.0 Å². The van der Waals surface area contributed by atoms with Gasteiger partial charge in [-0.15, -0.1) is 11.3 Å². The number of hydrogen-bond acceptors (Lipinski definition) is 6. The molecule has 7 heteroatoms. The van der Waals surface area contributed by atoms with Crippen LogP contribution in [0.15, 0.2) is 34.6 Å². The van der Waals surface area contributed by atoms with Crippen molar-refractivity contribution in [3.8, 4) is 21.8 Å². The molecule has 0 amide bonds. The van der Waals surface area contributed by atoms with Crippen molar-refractivity contribution in [3.63, 3.8) is 0 Å². The van der Waals surface area contributed by atoms with E-state index in [-0.39, 0.29) is 12.2 Å². The molecule has 0 spiro atoms.